The third-order valence-electron chi connectivity index (χ3n) is 1.59. The molecule has 0 fully saturated rings. The van der Waals surface area contributed by atoms with Crippen LogP contribution in [0.3, 0.4) is 0 Å². The van der Waals surface area contributed by atoms with E-state index in [1.165, 1.54) is 0 Å². The summed E-state index contributed by atoms with van der Waals surface area (Å²) in [4.78, 5) is 0. The van der Waals surface area contributed by atoms with Crippen molar-refractivity contribution >= 4 is 6.08 Å². The topological polar surface area (TPSA) is 29.5 Å². The van der Waals surface area contributed by atoms with Gasteiger partial charge in [-0.15, -0.1) is 0 Å². The molecule has 0 spiro atoms. The van der Waals surface area contributed by atoms with Crippen LogP contribution in [0.4, 0.5) is 0 Å². The predicted molar refractivity (Wildman–Crippen MR) is 57.7 cm³/mol. The largest absolute Gasteiger partial charge is 0.498 e. The predicted octanol–water partition coefficient (Wildman–Crippen LogP) is 2.44. The average molecular weight is 192 g/mol. The molecule has 0 atom stereocenters. The van der Waals surface area contributed by atoms with E-state index in [1.807, 2.05) is 36.4 Å². The molecule has 0 saturated carbocycles. The Bertz CT molecular complexity index is 283. The van der Waals surface area contributed by atoms with Crippen molar-refractivity contribution < 1.29 is 9.84 Å². The molecule has 0 amide bonds. The molecule has 1 aromatic rings. The van der Waals surface area contributed by atoms with E-state index in [0.717, 1.165) is 5.56 Å². The molecule has 2 nitrogen and oxygen atoms in total. The summed E-state index contributed by atoms with van der Waals surface area (Å²) in [5, 5.41) is 9.36. The van der Waals surface area contributed by atoms with Crippen LogP contribution in [0.15, 0.2) is 36.6 Å². The Morgan fingerprint density at radius 3 is 2.50 bits per heavy atom. The van der Waals surface area contributed by atoms with Crippen LogP contribution < -0.4 is 0 Å². The van der Waals surface area contributed by atoms with E-state index in [2.05, 4.69) is 0 Å². The van der Waals surface area contributed by atoms with Crippen molar-refractivity contribution in [2.75, 3.05) is 6.61 Å². The normalized spacial score (nSPS) is 11.9. The van der Waals surface area contributed by atoms with E-state index in [-0.39, 0.29) is 0 Å². The van der Waals surface area contributed by atoms with E-state index >= 15 is 0 Å². The van der Waals surface area contributed by atoms with Gasteiger partial charge in [-0.3, -0.25) is 0 Å². The summed E-state index contributed by atoms with van der Waals surface area (Å²) in [6, 6.07) is 9.88. The number of ether oxygens (including phenoxy) is 1. The Morgan fingerprint density at radius 1 is 1.29 bits per heavy atom. The Kier molecular flexibility index (Phi) is 3.72. The SMILES string of the molecule is CC(C)(O)CO/C=C\c1ccccc1. The van der Waals surface area contributed by atoms with Gasteiger partial charge in [0.2, 0.25) is 0 Å². The summed E-state index contributed by atoms with van der Waals surface area (Å²) >= 11 is 0. The molecule has 2 heteroatoms. The van der Waals surface area contributed by atoms with Crippen molar-refractivity contribution in [2.45, 2.75) is 19.4 Å². The van der Waals surface area contributed by atoms with Crippen molar-refractivity contribution in [1.82, 2.24) is 0 Å². The monoisotopic (exact) mass is 192 g/mol. The highest BCUT2D eigenvalue weighted by Gasteiger charge is 2.11. The lowest BCUT2D eigenvalue weighted by atomic mass is 10.2. The zero-order valence-electron chi connectivity index (χ0n) is 8.60. The maximum Gasteiger partial charge on any atom is 0.115 e. The van der Waals surface area contributed by atoms with Crippen LogP contribution in [0, 0.1) is 0 Å². The molecule has 14 heavy (non-hydrogen) atoms. The van der Waals surface area contributed by atoms with E-state index in [0.29, 0.717) is 6.61 Å². The summed E-state index contributed by atoms with van der Waals surface area (Å²) in [6.45, 7) is 3.73. The van der Waals surface area contributed by atoms with Gasteiger partial charge in [0.25, 0.3) is 0 Å². The smallest absolute Gasteiger partial charge is 0.115 e. The standard InChI is InChI=1S/C12H16O2/c1-12(2,13)10-14-9-8-11-6-4-3-5-7-11/h3-9,13H,10H2,1-2H3/b9-8-. The molecule has 0 aromatic heterocycles. The fourth-order valence-electron chi connectivity index (χ4n) is 0.943. The number of hydrogen-bond donors (Lipinski definition) is 1. The van der Waals surface area contributed by atoms with E-state index in [1.54, 1.807) is 20.1 Å². The minimum atomic E-state index is -0.777. The molecule has 76 valence electrons. The molecule has 0 radical (unpaired) electrons. The lowest BCUT2D eigenvalue weighted by molar-refractivity contribution is 0.0121. The molecule has 0 aliphatic heterocycles. The number of benzene rings is 1. The van der Waals surface area contributed by atoms with Crippen molar-refractivity contribution in [3.63, 3.8) is 0 Å². The van der Waals surface area contributed by atoms with Gasteiger partial charge >= 0.3 is 0 Å². The van der Waals surface area contributed by atoms with Crippen molar-refractivity contribution in [3.05, 3.63) is 42.2 Å². The lowest BCUT2D eigenvalue weighted by Crippen LogP contribution is -2.24. The van der Waals surface area contributed by atoms with Gasteiger partial charge < -0.3 is 9.84 Å². The Labute approximate surface area is 84.8 Å². The molecule has 0 unspecified atom stereocenters. The summed E-state index contributed by atoms with van der Waals surface area (Å²) < 4.78 is 5.17. The summed E-state index contributed by atoms with van der Waals surface area (Å²) in [5.74, 6) is 0. The van der Waals surface area contributed by atoms with Crippen LogP contribution in [0.25, 0.3) is 6.08 Å². The van der Waals surface area contributed by atoms with Crippen LogP contribution in [0.1, 0.15) is 19.4 Å². The first kappa shape index (κ1) is 10.8. The Balaban J connectivity index is 2.35. The average Bonchev–Trinajstić information content (AvgIpc) is 2.13. The zero-order valence-corrected chi connectivity index (χ0v) is 8.60. The van der Waals surface area contributed by atoms with Crippen LogP contribution in [0.2, 0.25) is 0 Å². The molecular weight excluding hydrogens is 176 g/mol. The minimum absolute atomic E-state index is 0.302. The zero-order chi connectivity index (χ0) is 10.4. The second-order valence-electron chi connectivity index (χ2n) is 3.84. The number of hydrogen-bond acceptors (Lipinski definition) is 2. The third kappa shape index (κ3) is 4.67. The van der Waals surface area contributed by atoms with E-state index in [4.69, 9.17) is 4.74 Å². The third-order valence-corrected chi connectivity index (χ3v) is 1.59. The first-order valence-corrected chi connectivity index (χ1v) is 4.63. The second kappa shape index (κ2) is 4.82. The van der Waals surface area contributed by atoms with Crippen LogP contribution in [0.5, 0.6) is 0 Å². The van der Waals surface area contributed by atoms with E-state index < -0.39 is 5.60 Å². The maximum absolute atomic E-state index is 9.36. The molecule has 0 heterocycles. The first-order chi connectivity index (χ1) is 6.58. The molecule has 0 saturated heterocycles. The summed E-state index contributed by atoms with van der Waals surface area (Å²) in [5.41, 5.74) is 0.310. The van der Waals surface area contributed by atoms with Gasteiger partial charge in [0.1, 0.15) is 6.61 Å². The summed E-state index contributed by atoms with van der Waals surface area (Å²) in [6.07, 6.45) is 3.47. The maximum atomic E-state index is 9.36. The van der Waals surface area contributed by atoms with Crippen molar-refractivity contribution in [3.8, 4) is 0 Å². The number of aliphatic hydroxyl groups is 1. The van der Waals surface area contributed by atoms with E-state index in [9.17, 15) is 5.11 Å². The quantitative estimate of drug-likeness (QED) is 0.742. The fraction of sp³-hybridized carbons (Fsp3) is 0.333. The van der Waals surface area contributed by atoms with Gasteiger partial charge in [0, 0.05) is 0 Å². The minimum Gasteiger partial charge on any atom is -0.498 e. The van der Waals surface area contributed by atoms with Gasteiger partial charge in [-0.2, -0.15) is 0 Å². The van der Waals surface area contributed by atoms with Gasteiger partial charge in [-0.25, -0.2) is 0 Å². The summed E-state index contributed by atoms with van der Waals surface area (Å²) in [7, 11) is 0. The highest BCUT2D eigenvalue weighted by molar-refractivity contribution is 5.47. The highest BCUT2D eigenvalue weighted by Crippen LogP contribution is 2.04. The fourth-order valence-corrected chi connectivity index (χ4v) is 0.943. The molecule has 0 bridgehead atoms. The molecular formula is C12H16O2. The molecule has 0 aliphatic carbocycles. The lowest BCUT2D eigenvalue weighted by Gasteiger charge is -2.15. The molecule has 1 rings (SSSR count). The van der Waals surface area contributed by atoms with Gasteiger partial charge in [0.05, 0.1) is 11.9 Å². The molecule has 0 aliphatic rings. The second-order valence-corrected chi connectivity index (χ2v) is 3.84. The Hall–Kier alpha value is -1.28. The van der Waals surface area contributed by atoms with Gasteiger partial charge in [0.15, 0.2) is 0 Å². The molecule has 1 aromatic carbocycles. The van der Waals surface area contributed by atoms with Crippen LogP contribution in [-0.2, 0) is 4.74 Å². The first-order valence-electron chi connectivity index (χ1n) is 4.63. The van der Waals surface area contributed by atoms with Crippen molar-refractivity contribution in [1.29, 1.82) is 0 Å². The van der Waals surface area contributed by atoms with Gasteiger partial charge in [-0.05, 0) is 25.5 Å². The Morgan fingerprint density at radius 2 is 1.93 bits per heavy atom. The van der Waals surface area contributed by atoms with Crippen LogP contribution in [-0.4, -0.2) is 17.3 Å². The molecule has 1 N–H and O–H groups in total. The van der Waals surface area contributed by atoms with Crippen LogP contribution >= 0.6 is 0 Å². The highest BCUT2D eigenvalue weighted by atomic mass is 16.5. The number of rotatable bonds is 4. The van der Waals surface area contributed by atoms with Crippen molar-refractivity contribution in [2.24, 2.45) is 0 Å². The van der Waals surface area contributed by atoms with Gasteiger partial charge in [-0.1, -0.05) is 30.3 Å².